The van der Waals surface area contributed by atoms with E-state index >= 15 is 0 Å². The summed E-state index contributed by atoms with van der Waals surface area (Å²) >= 11 is 0. The Balaban J connectivity index is 2.08. The number of carbonyl (C=O) groups is 1. The molecule has 1 unspecified atom stereocenters. The van der Waals surface area contributed by atoms with Gasteiger partial charge in [0.05, 0.1) is 6.04 Å². The van der Waals surface area contributed by atoms with Crippen LogP contribution in [-0.2, 0) is 14.8 Å². The summed E-state index contributed by atoms with van der Waals surface area (Å²) in [5, 5.41) is 0. The molecule has 0 radical (unpaired) electrons. The second-order valence-electron chi connectivity index (χ2n) is 5.87. The zero-order valence-electron chi connectivity index (χ0n) is 13.4. The highest BCUT2D eigenvalue weighted by Crippen LogP contribution is 2.19. The van der Waals surface area contributed by atoms with E-state index in [4.69, 9.17) is 4.42 Å². The molecule has 2 rings (SSSR count). The molecule has 7 heteroatoms. The largest absolute Gasteiger partial charge is 0.465 e. The fourth-order valence-electron chi connectivity index (χ4n) is 2.80. The van der Waals surface area contributed by atoms with Crippen LogP contribution in [0.25, 0.3) is 0 Å². The Labute approximate surface area is 131 Å². The van der Waals surface area contributed by atoms with Crippen LogP contribution < -0.4 is 4.72 Å². The Kier molecular flexibility index (Phi) is 5.28. The van der Waals surface area contributed by atoms with Crippen LogP contribution in [0.2, 0.25) is 0 Å². The summed E-state index contributed by atoms with van der Waals surface area (Å²) < 4.78 is 32.1. The van der Waals surface area contributed by atoms with Crippen molar-refractivity contribution in [3.05, 3.63) is 17.6 Å². The first-order chi connectivity index (χ1) is 10.3. The molecule has 1 aromatic rings. The topological polar surface area (TPSA) is 79.6 Å². The summed E-state index contributed by atoms with van der Waals surface area (Å²) in [5.74, 6) is 0.311. The summed E-state index contributed by atoms with van der Waals surface area (Å²) in [7, 11) is -3.88. The van der Waals surface area contributed by atoms with E-state index in [1.807, 2.05) is 4.90 Å². The van der Waals surface area contributed by atoms with E-state index < -0.39 is 22.0 Å². The zero-order chi connectivity index (χ0) is 16.3. The van der Waals surface area contributed by atoms with Crippen molar-refractivity contribution in [1.29, 1.82) is 0 Å². The predicted molar refractivity (Wildman–Crippen MR) is 83.0 cm³/mol. The Morgan fingerprint density at radius 3 is 2.32 bits per heavy atom. The summed E-state index contributed by atoms with van der Waals surface area (Å²) in [6, 6.07) is 0.975. The Hall–Kier alpha value is -1.34. The van der Waals surface area contributed by atoms with Gasteiger partial charge >= 0.3 is 0 Å². The van der Waals surface area contributed by atoms with Crippen molar-refractivity contribution in [2.24, 2.45) is 0 Å². The second-order valence-corrected chi connectivity index (χ2v) is 7.52. The van der Waals surface area contributed by atoms with Gasteiger partial charge in [-0.3, -0.25) is 9.69 Å². The van der Waals surface area contributed by atoms with Crippen LogP contribution in [-0.4, -0.2) is 38.4 Å². The molecular weight excluding hydrogens is 304 g/mol. The van der Waals surface area contributed by atoms with E-state index in [9.17, 15) is 13.2 Å². The molecule has 22 heavy (non-hydrogen) atoms. The molecule has 1 amide bonds. The molecule has 1 saturated heterocycles. The average Bonchev–Trinajstić information content (AvgIpc) is 2.67. The molecular formula is C15H24N2O4S. The number of nitrogens with one attached hydrogen (secondary N) is 1. The second kappa shape index (κ2) is 6.83. The first-order valence-corrected chi connectivity index (χ1v) is 9.17. The molecule has 1 aliphatic heterocycles. The van der Waals surface area contributed by atoms with Gasteiger partial charge in [0.15, 0.2) is 0 Å². The van der Waals surface area contributed by atoms with E-state index in [0.29, 0.717) is 11.5 Å². The standard InChI is InChI=1S/C15H24N2O4S/c1-11-10-14(13(3)21-11)22(19,20)16-15(18)12(2)17-8-6-4-5-7-9-17/h10,12H,4-9H2,1-3H3,(H,16,18). The van der Waals surface area contributed by atoms with Gasteiger partial charge in [-0.1, -0.05) is 12.8 Å². The molecule has 124 valence electrons. The fourth-order valence-corrected chi connectivity index (χ4v) is 4.08. The average molecular weight is 328 g/mol. The van der Waals surface area contributed by atoms with Gasteiger partial charge in [-0.2, -0.15) is 0 Å². The Bertz CT molecular complexity index is 628. The SMILES string of the molecule is Cc1cc(S(=O)(=O)NC(=O)C(C)N2CCCCCC2)c(C)o1. The molecule has 0 saturated carbocycles. The van der Waals surface area contributed by atoms with Crippen LogP contribution in [0, 0.1) is 13.8 Å². The lowest BCUT2D eigenvalue weighted by Gasteiger charge is -2.26. The van der Waals surface area contributed by atoms with Crippen LogP contribution in [0.1, 0.15) is 44.1 Å². The third-order valence-corrected chi connectivity index (χ3v) is 5.54. The maximum absolute atomic E-state index is 12.3. The van der Waals surface area contributed by atoms with E-state index in [2.05, 4.69) is 4.72 Å². The van der Waals surface area contributed by atoms with Crippen LogP contribution in [0.3, 0.4) is 0 Å². The van der Waals surface area contributed by atoms with Crippen molar-refractivity contribution in [2.75, 3.05) is 13.1 Å². The number of sulfonamides is 1. The van der Waals surface area contributed by atoms with Gasteiger partial charge in [-0.05, 0) is 46.7 Å². The number of likely N-dealkylation sites (tertiary alicyclic amines) is 1. The smallest absolute Gasteiger partial charge is 0.267 e. The van der Waals surface area contributed by atoms with E-state index in [1.165, 1.54) is 6.07 Å². The summed E-state index contributed by atoms with van der Waals surface area (Å²) in [6.07, 6.45) is 4.42. The van der Waals surface area contributed by atoms with E-state index in [1.54, 1.807) is 20.8 Å². The summed E-state index contributed by atoms with van der Waals surface area (Å²) in [6.45, 7) is 6.67. The molecule has 6 nitrogen and oxygen atoms in total. The quantitative estimate of drug-likeness (QED) is 0.914. The van der Waals surface area contributed by atoms with Gasteiger partial charge in [-0.15, -0.1) is 0 Å². The van der Waals surface area contributed by atoms with Crippen LogP contribution in [0.15, 0.2) is 15.4 Å². The third kappa shape index (κ3) is 3.89. The van der Waals surface area contributed by atoms with Crippen molar-refractivity contribution >= 4 is 15.9 Å². The van der Waals surface area contributed by atoms with Crippen LogP contribution in [0.4, 0.5) is 0 Å². The van der Waals surface area contributed by atoms with Gasteiger partial charge in [-0.25, -0.2) is 13.1 Å². The number of hydrogen-bond donors (Lipinski definition) is 1. The Morgan fingerprint density at radius 2 is 1.82 bits per heavy atom. The number of amides is 1. The molecule has 1 fully saturated rings. The highest BCUT2D eigenvalue weighted by molar-refractivity contribution is 7.90. The number of rotatable bonds is 4. The highest BCUT2D eigenvalue weighted by Gasteiger charge is 2.28. The normalized spacial score (nSPS) is 18.7. The number of hydrogen-bond acceptors (Lipinski definition) is 5. The number of furan rings is 1. The first-order valence-electron chi connectivity index (χ1n) is 7.69. The summed E-state index contributed by atoms with van der Waals surface area (Å²) in [4.78, 5) is 14.4. The van der Waals surface area contributed by atoms with Crippen molar-refractivity contribution in [1.82, 2.24) is 9.62 Å². The lowest BCUT2D eigenvalue weighted by Crippen LogP contribution is -2.47. The minimum Gasteiger partial charge on any atom is -0.465 e. The van der Waals surface area contributed by atoms with Gasteiger partial charge in [0.2, 0.25) is 0 Å². The van der Waals surface area contributed by atoms with Gasteiger partial charge < -0.3 is 4.42 Å². The highest BCUT2D eigenvalue weighted by atomic mass is 32.2. The lowest BCUT2D eigenvalue weighted by atomic mass is 10.2. The monoisotopic (exact) mass is 328 g/mol. The van der Waals surface area contributed by atoms with Gasteiger partial charge in [0.25, 0.3) is 15.9 Å². The zero-order valence-corrected chi connectivity index (χ0v) is 14.2. The van der Waals surface area contributed by atoms with Gasteiger partial charge in [0.1, 0.15) is 16.4 Å². The molecule has 1 aliphatic rings. The fraction of sp³-hybridized carbons (Fsp3) is 0.667. The molecule has 1 aromatic heterocycles. The van der Waals surface area contributed by atoms with Crippen molar-refractivity contribution in [3.8, 4) is 0 Å². The Morgan fingerprint density at radius 1 is 1.23 bits per heavy atom. The van der Waals surface area contributed by atoms with Crippen molar-refractivity contribution < 1.29 is 17.6 Å². The minimum absolute atomic E-state index is 0.0291. The third-order valence-electron chi connectivity index (χ3n) is 4.09. The van der Waals surface area contributed by atoms with E-state index in [0.717, 1.165) is 38.8 Å². The minimum atomic E-state index is -3.88. The predicted octanol–water partition coefficient (Wildman–Crippen LogP) is 1.97. The van der Waals surface area contributed by atoms with Crippen LogP contribution >= 0.6 is 0 Å². The molecule has 0 spiro atoms. The molecule has 1 atom stereocenters. The molecule has 1 N–H and O–H groups in total. The molecule has 0 bridgehead atoms. The van der Waals surface area contributed by atoms with Crippen molar-refractivity contribution in [3.63, 3.8) is 0 Å². The number of aryl methyl sites for hydroxylation is 2. The molecule has 0 aromatic carbocycles. The maximum atomic E-state index is 12.3. The first kappa shape index (κ1) is 17.0. The van der Waals surface area contributed by atoms with Gasteiger partial charge in [0, 0.05) is 6.07 Å². The van der Waals surface area contributed by atoms with E-state index in [-0.39, 0.29) is 4.90 Å². The molecule has 0 aliphatic carbocycles. The number of nitrogens with zero attached hydrogens (tertiary/aromatic N) is 1. The summed E-state index contributed by atoms with van der Waals surface area (Å²) in [5.41, 5.74) is 0. The number of carbonyl (C=O) groups excluding carboxylic acids is 1. The van der Waals surface area contributed by atoms with Crippen molar-refractivity contribution in [2.45, 2.75) is 57.4 Å². The molecule has 2 heterocycles. The van der Waals surface area contributed by atoms with Crippen LogP contribution in [0.5, 0.6) is 0 Å². The lowest BCUT2D eigenvalue weighted by molar-refractivity contribution is -0.124. The maximum Gasteiger partial charge on any atom is 0.267 e.